The molecule has 1 amide bonds. The van der Waals surface area contributed by atoms with Gasteiger partial charge in [-0.05, 0) is 19.4 Å². The standard InChI is InChI=1S/C10H19N3O/c1-2-5-12-10(14)8-13-6-3-4-9(11)7-13/h2,9H,1,3-8,11H2,(H,12,14). The van der Waals surface area contributed by atoms with Crippen LogP contribution in [0.2, 0.25) is 0 Å². The minimum absolute atomic E-state index is 0.0546. The van der Waals surface area contributed by atoms with Crippen LogP contribution in [0.15, 0.2) is 12.7 Å². The smallest absolute Gasteiger partial charge is 0.234 e. The highest BCUT2D eigenvalue weighted by atomic mass is 16.2. The fourth-order valence-electron chi connectivity index (χ4n) is 1.68. The maximum absolute atomic E-state index is 11.3. The lowest BCUT2D eigenvalue weighted by Crippen LogP contribution is -2.46. The number of hydrogen-bond acceptors (Lipinski definition) is 3. The molecule has 1 fully saturated rings. The lowest BCUT2D eigenvalue weighted by molar-refractivity contribution is -0.122. The molecule has 0 aromatic heterocycles. The van der Waals surface area contributed by atoms with Gasteiger partial charge in [0, 0.05) is 19.1 Å². The zero-order chi connectivity index (χ0) is 10.4. The first-order chi connectivity index (χ1) is 6.72. The Morgan fingerprint density at radius 3 is 3.14 bits per heavy atom. The van der Waals surface area contributed by atoms with Gasteiger partial charge in [0.2, 0.25) is 5.91 Å². The molecule has 0 spiro atoms. The summed E-state index contributed by atoms with van der Waals surface area (Å²) in [7, 11) is 0. The summed E-state index contributed by atoms with van der Waals surface area (Å²) in [6.45, 7) is 6.36. The highest BCUT2D eigenvalue weighted by Gasteiger charge is 2.18. The van der Waals surface area contributed by atoms with Crippen LogP contribution in [-0.2, 0) is 4.79 Å². The van der Waals surface area contributed by atoms with E-state index in [0.717, 1.165) is 25.9 Å². The van der Waals surface area contributed by atoms with Crippen molar-refractivity contribution in [2.75, 3.05) is 26.2 Å². The molecule has 1 aliphatic heterocycles. The van der Waals surface area contributed by atoms with Gasteiger partial charge in [0.1, 0.15) is 0 Å². The number of piperidine rings is 1. The quantitative estimate of drug-likeness (QED) is 0.609. The summed E-state index contributed by atoms with van der Waals surface area (Å²) in [6.07, 6.45) is 3.85. The topological polar surface area (TPSA) is 58.4 Å². The van der Waals surface area contributed by atoms with E-state index in [2.05, 4.69) is 16.8 Å². The molecular weight excluding hydrogens is 178 g/mol. The maximum atomic E-state index is 11.3. The van der Waals surface area contributed by atoms with Gasteiger partial charge in [-0.1, -0.05) is 6.08 Å². The van der Waals surface area contributed by atoms with Gasteiger partial charge in [-0.25, -0.2) is 0 Å². The number of carbonyl (C=O) groups is 1. The van der Waals surface area contributed by atoms with Crippen molar-refractivity contribution in [2.24, 2.45) is 5.73 Å². The van der Waals surface area contributed by atoms with Crippen LogP contribution in [0.25, 0.3) is 0 Å². The van der Waals surface area contributed by atoms with E-state index in [0.29, 0.717) is 13.1 Å². The van der Waals surface area contributed by atoms with Gasteiger partial charge >= 0.3 is 0 Å². The van der Waals surface area contributed by atoms with Crippen molar-refractivity contribution in [2.45, 2.75) is 18.9 Å². The summed E-state index contributed by atoms with van der Waals surface area (Å²) < 4.78 is 0. The fraction of sp³-hybridized carbons (Fsp3) is 0.700. The van der Waals surface area contributed by atoms with Gasteiger partial charge in [-0.15, -0.1) is 6.58 Å². The van der Waals surface area contributed by atoms with Crippen LogP contribution < -0.4 is 11.1 Å². The molecule has 0 radical (unpaired) electrons. The van der Waals surface area contributed by atoms with Crippen molar-refractivity contribution in [1.29, 1.82) is 0 Å². The molecule has 4 heteroatoms. The number of hydrogen-bond donors (Lipinski definition) is 2. The van der Waals surface area contributed by atoms with Crippen LogP contribution in [0.1, 0.15) is 12.8 Å². The summed E-state index contributed by atoms with van der Waals surface area (Å²) >= 11 is 0. The molecule has 1 atom stereocenters. The Kier molecular flexibility index (Phi) is 4.62. The normalized spacial score (nSPS) is 23.1. The second kappa shape index (κ2) is 5.78. The lowest BCUT2D eigenvalue weighted by Gasteiger charge is -2.29. The van der Waals surface area contributed by atoms with Gasteiger partial charge in [0.15, 0.2) is 0 Å². The average molecular weight is 197 g/mol. The predicted molar refractivity (Wildman–Crippen MR) is 56.9 cm³/mol. The van der Waals surface area contributed by atoms with Gasteiger partial charge < -0.3 is 11.1 Å². The number of amides is 1. The van der Waals surface area contributed by atoms with Crippen LogP contribution in [0, 0.1) is 0 Å². The zero-order valence-electron chi connectivity index (χ0n) is 8.54. The first-order valence-electron chi connectivity index (χ1n) is 5.08. The molecule has 3 N–H and O–H groups in total. The van der Waals surface area contributed by atoms with Crippen molar-refractivity contribution < 1.29 is 4.79 Å². The maximum Gasteiger partial charge on any atom is 0.234 e. The Morgan fingerprint density at radius 2 is 2.50 bits per heavy atom. The molecule has 1 unspecified atom stereocenters. The molecule has 0 aromatic carbocycles. The number of likely N-dealkylation sites (tertiary alicyclic amines) is 1. The average Bonchev–Trinajstić information content (AvgIpc) is 2.15. The minimum atomic E-state index is 0.0546. The Labute approximate surface area is 85.1 Å². The first kappa shape index (κ1) is 11.2. The Hall–Kier alpha value is -0.870. The number of rotatable bonds is 4. The Balaban J connectivity index is 2.21. The molecule has 1 rings (SSSR count). The third-order valence-electron chi connectivity index (χ3n) is 2.35. The second-order valence-corrected chi connectivity index (χ2v) is 3.73. The number of nitrogens with two attached hydrogens (primary N) is 1. The Bertz CT molecular complexity index is 206. The summed E-state index contributed by atoms with van der Waals surface area (Å²) in [5, 5.41) is 2.75. The first-order valence-corrected chi connectivity index (χ1v) is 5.08. The van der Waals surface area contributed by atoms with E-state index in [1.54, 1.807) is 6.08 Å². The molecule has 1 heterocycles. The van der Waals surface area contributed by atoms with Crippen molar-refractivity contribution in [3.8, 4) is 0 Å². The molecule has 1 saturated heterocycles. The second-order valence-electron chi connectivity index (χ2n) is 3.73. The molecule has 0 aromatic rings. The van der Waals surface area contributed by atoms with Crippen LogP contribution in [0.3, 0.4) is 0 Å². The summed E-state index contributed by atoms with van der Waals surface area (Å²) in [5.74, 6) is 0.0546. The summed E-state index contributed by atoms with van der Waals surface area (Å²) in [5.41, 5.74) is 5.81. The molecule has 0 bridgehead atoms. The number of carbonyl (C=O) groups excluding carboxylic acids is 1. The van der Waals surface area contributed by atoms with Crippen molar-refractivity contribution in [1.82, 2.24) is 10.2 Å². The molecule has 0 aliphatic carbocycles. The van der Waals surface area contributed by atoms with E-state index in [1.807, 2.05) is 0 Å². The predicted octanol–water partition coefficient (Wildman–Crippen LogP) is -0.288. The molecule has 80 valence electrons. The molecule has 1 aliphatic rings. The van der Waals surface area contributed by atoms with Crippen molar-refractivity contribution >= 4 is 5.91 Å². The molecular formula is C10H19N3O. The summed E-state index contributed by atoms with van der Waals surface area (Å²) in [6, 6.07) is 0.232. The van der Waals surface area contributed by atoms with E-state index < -0.39 is 0 Å². The third-order valence-corrected chi connectivity index (χ3v) is 2.35. The number of nitrogens with zero attached hydrogens (tertiary/aromatic N) is 1. The monoisotopic (exact) mass is 197 g/mol. The highest BCUT2D eigenvalue weighted by molar-refractivity contribution is 5.78. The van der Waals surface area contributed by atoms with Gasteiger partial charge in [-0.2, -0.15) is 0 Å². The van der Waals surface area contributed by atoms with Crippen LogP contribution in [0.4, 0.5) is 0 Å². The highest BCUT2D eigenvalue weighted by Crippen LogP contribution is 2.06. The molecule has 0 saturated carbocycles. The third kappa shape index (κ3) is 3.89. The lowest BCUT2D eigenvalue weighted by atomic mass is 10.1. The van der Waals surface area contributed by atoms with Crippen LogP contribution in [0.5, 0.6) is 0 Å². The van der Waals surface area contributed by atoms with Gasteiger partial charge in [-0.3, -0.25) is 9.69 Å². The van der Waals surface area contributed by atoms with Crippen molar-refractivity contribution in [3.63, 3.8) is 0 Å². The summed E-state index contributed by atoms with van der Waals surface area (Å²) in [4.78, 5) is 13.4. The molecule has 4 nitrogen and oxygen atoms in total. The minimum Gasteiger partial charge on any atom is -0.352 e. The van der Waals surface area contributed by atoms with E-state index in [9.17, 15) is 4.79 Å². The zero-order valence-corrected chi connectivity index (χ0v) is 8.54. The van der Waals surface area contributed by atoms with E-state index in [-0.39, 0.29) is 11.9 Å². The molecule has 14 heavy (non-hydrogen) atoms. The van der Waals surface area contributed by atoms with Crippen LogP contribution >= 0.6 is 0 Å². The van der Waals surface area contributed by atoms with E-state index >= 15 is 0 Å². The Morgan fingerprint density at radius 1 is 1.71 bits per heavy atom. The van der Waals surface area contributed by atoms with Gasteiger partial charge in [0.05, 0.1) is 6.54 Å². The van der Waals surface area contributed by atoms with E-state index in [4.69, 9.17) is 5.73 Å². The van der Waals surface area contributed by atoms with Gasteiger partial charge in [0.25, 0.3) is 0 Å². The largest absolute Gasteiger partial charge is 0.352 e. The number of nitrogens with one attached hydrogen (secondary N) is 1. The SMILES string of the molecule is C=CCNC(=O)CN1CCCC(N)C1. The van der Waals surface area contributed by atoms with Crippen molar-refractivity contribution in [3.05, 3.63) is 12.7 Å². The van der Waals surface area contributed by atoms with Crippen LogP contribution in [-0.4, -0.2) is 43.0 Å². The fourth-order valence-corrected chi connectivity index (χ4v) is 1.68. The van der Waals surface area contributed by atoms with E-state index in [1.165, 1.54) is 0 Å².